The first kappa shape index (κ1) is 49.5. The molecule has 3 saturated heterocycles. The standard InChI is InChI=1S/C60H67B4O8/c1-53(2,65)54(3,4)66-61-41-20-28-45-38(33-41)17-25-49-46-30-23-43(35-39(46)18-26-48(45)49)63-69-57(9,10)59(13,71-63)31-32-60(14)58(11,12)70-64(72-60)44-21-15-37-16-24-50-47-29-22-42(62-67-55(5,6)56(7,8)68-62)34-40(47)19-27-51(50)52(37)36-44/h15-30,33-36,65H,31-32H2,1-14H3. The zero-order chi connectivity index (χ0) is 51.2. The van der Waals surface area contributed by atoms with E-state index in [1.165, 1.54) is 43.1 Å². The second-order valence-corrected chi connectivity index (χ2v) is 24.4. The second kappa shape index (κ2) is 16.6. The van der Waals surface area contributed by atoms with Gasteiger partial charge in [-0.05, 0) is 191 Å². The van der Waals surface area contributed by atoms with Crippen LogP contribution in [-0.4, -0.2) is 78.8 Å². The zero-order valence-electron chi connectivity index (χ0n) is 44.6. The minimum absolute atomic E-state index is 0.401. The van der Waals surface area contributed by atoms with Crippen LogP contribution in [0.3, 0.4) is 0 Å². The molecule has 2 unspecified atom stereocenters. The molecular formula is C60H67B4O8. The van der Waals surface area contributed by atoms with Crippen molar-refractivity contribution in [1.82, 2.24) is 0 Å². The Labute approximate surface area is 427 Å². The second-order valence-electron chi connectivity index (χ2n) is 24.4. The molecule has 0 amide bonds. The smallest absolute Gasteiger partial charge is 0.427 e. The molecule has 3 aliphatic rings. The third-order valence-electron chi connectivity index (χ3n) is 18.0. The van der Waals surface area contributed by atoms with Crippen molar-refractivity contribution in [3.8, 4) is 0 Å². The van der Waals surface area contributed by atoms with Crippen molar-refractivity contribution in [2.75, 3.05) is 0 Å². The maximum Gasteiger partial charge on any atom is 0.494 e. The van der Waals surface area contributed by atoms with Gasteiger partial charge in [0.1, 0.15) is 0 Å². The van der Waals surface area contributed by atoms with Gasteiger partial charge in [0, 0.05) is 0 Å². The maximum atomic E-state index is 10.6. The minimum Gasteiger partial charge on any atom is -0.427 e. The fraction of sp³-hybridized carbons (Fsp3) is 0.400. The van der Waals surface area contributed by atoms with Gasteiger partial charge in [0.15, 0.2) is 0 Å². The van der Waals surface area contributed by atoms with Crippen LogP contribution >= 0.6 is 0 Å². The Kier molecular flexibility index (Phi) is 11.4. The molecule has 11 rings (SSSR count). The van der Waals surface area contributed by atoms with Gasteiger partial charge in [0.05, 0.1) is 44.8 Å². The van der Waals surface area contributed by atoms with Crippen LogP contribution in [0.1, 0.15) is 110 Å². The van der Waals surface area contributed by atoms with Gasteiger partial charge in [-0.3, -0.25) is 0 Å². The normalized spacial score (nSPS) is 23.0. The van der Waals surface area contributed by atoms with Crippen LogP contribution in [0.2, 0.25) is 0 Å². The summed E-state index contributed by atoms with van der Waals surface area (Å²) in [4.78, 5) is 0. The van der Waals surface area contributed by atoms with Crippen molar-refractivity contribution in [2.24, 2.45) is 0 Å². The van der Waals surface area contributed by atoms with E-state index in [1.807, 2.05) is 13.8 Å². The fourth-order valence-electron chi connectivity index (χ4n) is 10.7. The highest BCUT2D eigenvalue weighted by Gasteiger charge is 2.59. The monoisotopic (exact) mass is 960 g/mol. The first-order chi connectivity index (χ1) is 33.7. The van der Waals surface area contributed by atoms with E-state index in [2.05, 4.69) is 191 Å². The highest BCUT2D eigenvalue weighted by Crippen LogP contribution is 2.47. The summed E-state index contributed by atoms with van der Waals surface area (Å²) in [5.41, 5.74) is -0.996. The van der Waals surface area contributed by atoms with Crippen molar-refractivity contribution >= 4 is 115 Å². The molecule has 8 aromatic rings. The Bertz CT molecular complexity index is 3470. The first-order valence-electron chi connectivity index (χ1n) is 25.8. The molecule has 0 aromatic heterocycles. The summed E-state index contributed by atoms with van der Waals surface area (Å²) in [5.74, 6) is 0. The number of aliphatic hydroxyl groups is 1. The largest absolute Gasteiger partial charge is 0.494 e. The molecule has 2 atom stereocenters. The van der Waals surface area contributed by atoms with Crippen LogP contribution in [0.25, 0.3) is 64.6 Å². The van der Waals surface area contributed by atoms with E-state index in [-0.39, 0.29) is 0 Å². The molecule has 3 fully saturated rings. The van der Waals surface area contributed by atoms with Crippen LogP contribution in [0.5, 0.6) is 0 Å². The topological polar surface area (TPSA) is 84.8 Å². The molecule has 0 bridgehead atoms. The molecular weight excluding hydrogens is 892 g/mol. The molecule has 3 aliphatic heterocycles. The lowest BCUT2D eigenvalue weighted by molar-refractivity contribution is -0.0893. The third kappa shape index (κ3) is 8.11. The zero-order valence-corrected chi connectivity index (χ0v) is 44.6. The van der Waals surface area contributed by atoms with Gasteiger partial charge in [-0.15, -0.1) is 0 Å². The molecule has 367 valence electrons. The van der Waals surface area contributed by atoms with Crippen molar-refractivity contribution in [1.29, 1.82) is 0 Å². The highest BCUT2D eigenvalue weighted by atomic mass is 16.7. The maximum absolute atomic E-state index is 10.6. The summed E-state index contributed by atoms with van der Waals surface area (Å²) in [5, 5.41) is 24.6. The lowest BCUT2D eigenvalue weighted by atomic mass is 9.76. The number of benzene rings is 8. The SMILES string of the molecule is CC(C)(O)C(C)(C)O[B]c1ccc2c(ccc3c4ccc(B5OC(C)(C)C(C)(CCC6(C)OB(c7ccc8ccc9c%10ccc(B%11OC(C)(C)C(C)(C)O%11)cc%10ccc9c8c7)OC6(C)C)O5)cc4ccc23)c1. The first-order valence-corrected chi connectivity index (χ1v) is 25.8. The van der Waals surface area contributed by atoms with Crippen molar-refractivity contribution in [2.45, 2.75) is 155 Å². The van der Waals surface area contributed by atoms with E-state index in [4.69, 9.17) is 32.6 Å². The van der Waals surface area contributed by atoms with Gasteiger partial charge in [-0.2, -0.15) is 0 Å². The summed E-state index contributed by atoms with van der Waals surface area (Å²) in [6, 6.07) is 43.7. The van der Waals surface area contributed by atoms with E-state index in [0.29, 0.717) is 12.8 Å². The summed E-state index contributed by atoms with van der Waals surface area (Å²) in [6.45, 7) is 28.6. The van der Waals surface area contributed by atoms with Crippen LogP contribution < -0.4 is 21.9 Å². The van der Waals surface area contributed by atoms with E-state index in [1.54, 1.807) is 21.3 Å². The van der Waals surface area contributed by atoms with E-state index < -0.39 is 66.2 Å². The molecule has 3 heterocycles. The van der Waals surface area contributed by atoms with Gasteiger partial charge in [-0.1, -0.05) is 127 Å². The quantitative estimate of drug-likeness (QED) is 0.107. The number of hydrogen-bond acceptors (Lipinski definition) is 8. The molecule has 72 heavy (non-hydrogen) atoms. The predicted molar refractivity (Wildman–Crippen MR) is 300 cm³/mol. The Morgan fingerprint density at radius 1 is 0.403 bits per heavy atom. The Morgan fingerprint density at radius 3 is 1.22 bits per heavy atom. The summed E-state index contributed by atoms with van der Waals surface area (Å²) in [7, 11) is 0.258. The van der Waals surface area contributed by atoms with E-state index in [0.717, 1.165) is 43.4 Å². The lowest BCUT2D eigenvalue weighted by Crippen LogP contribution is -2.50. The van der Waals surface area contributed by atoms with Gasteiger partial charge in [0.2, 0.25) is 0 Å². The highest BCUT2D eigenvalue weighted by molar-refractivity contribution is 6.63. The van der Waals surface area contributed by atoms with Gasteiger partial charge < -0.3 is 37.7 Å². The molecule has 0 spiro atoms. The summed E-state index contributed by atoms with van der Waals surface area (Å²) >= 11 is 0. The van der Waals surface area contributed by atoms with Crippen LogP contribution in [0, 0.1) is 0 Å². The van der Waals surface area contributed by atoms with E-state index >= 15 is 0 Å². The molecule has 0 saturated carbocycles. The Hall–Kier alpha value is -4.74. The predicted octanol–water partition coefficient (Wildman–Crippen LogP) is 10.8. The average molecular weight is 959 g/mol. The molecule has 12 heteroatoms. The molecule has 1 N–H and O–H groups in total. The minimum atomic E-state index is -0.994. The van der Waals surface area contributed by atoms with Crippen LogP contribution in [0.15, 0.2) is 121 Å². The van der Waals surface area contributed by atoms with Crippen LogP contribution in [0.4, 0.5) is 0 Å². The van der Waals surface area contributed by atoms with Crippen LogP contribution in [-0.2, 0) is 32.6 Å². The number of hydrogen-bond donors (Lipinski definition) is 1. The van der Waals surface area contributed by atoms with E-state index in [9.17, 15) is 5.11 Å². The van der Waals surface area contributed by atoms with Crippen molar-refractivity contribution in [3.63, 3.8) is 0 Å². The number of fused-ring (bicyclic) bond motifs is 10. The summed E-state index contributed by atoms with van der Waals surface area (Å²) < 4.78 is 46.6. The van der Waals surface area contributed by atoms with Crippen molar-refractivity contribution in [3.05, 3.63) is 121 Å². The van der Waals surface area contributed by atoms with Gasteiger partial charge in [-0.25, -0.2) is 0 Å². The number of rotatable bonds is 10. The Balaban J connectivity index is 0.797. The van der Waals surface area contributed by atoms with Gasteiger partial charge >= 0.3 is 28.8 Å². The van der Waals surface area contributed by atoms with Crippen molar-refractivity contribution < 1.29 is 37.7 Å². The molecule has 8 aromatic carbocycles. The molecule has 0 aliphatic carbocycles. The summed E-state index contributed by atoms with van der Waals surface area (Å²) in [6.07, 6.45) is 1.40. The Morgan fingerprint density at radius 2 is 0.750 bits per heavy atom. The van der Waals surface area contributed by atoms with Gasteiger partial charge in [0.25, 0.3) is 0 Å². The average Bonchev–Trinajstić information content (AvgIpc) is 3.82. The lowest BCUT2D eigenvalue weighted by Gasteiger charge is -2.42. The fourth-order valence-corrected chi connectivity index (χ4v) is 10.7. The molecule has 1 radical (unpaired) electrons. The molecule has 8 nitrogen and oxygen atoms in total. The third-order valence-corrected chi connectivity index (χ3v) is 18.0.